The lowest BCUT2D eigenvalue weighted by Crippen LogP contribution is -1.94. The van der Waals surface area contributed by atoms with Crippen molar-refractivity contribution in [2.45, 2.75) is 0 Å². The van der Waals surface area contributed by atoms with Crippen molar-refractivity contribution in [2.24, 2.45) is 0 Å². The summed E-state index contributed by atoms with van der Waals surface area (Å²) in [5.74, 6) is -1.04. The molecule has 0 amide bonds. The van der Waals surface area contributed by atoms with Gasteiger partial charge in [0.05, 0.1) is 13.3 Å². The van der Waals surface area contributed by atoms with Gasteiger partial charge in [-0.2, -0.15) is 5.10 Å². The number of benzene rings is 1. The summed E-state index contributed by atoms with van der Waals surface area (Å²) in [5, 5.41) is 15.9. The number of nitrogen functional groups attached to an aromatic ring is 1. The summed E-state index contributed by atoms with van der Waals surface area (Å²) >= 11 is 3.20. The predicted molar refractivity (Wildman–Crippen MR) is 64.3 cm³/mol. The van der Waals surface area contributed by atoms with E-state index in [1.54, 1.807) is 0 Å². The summed E-state index contributed by atoms with van der Waals surface area (Å²) in [5.41, 5.74) is 6.64. The molecule has 0 aliphatic heterocycles. The second kappa shape index (κ2) is 4.25. The van der Waals surface area contributed by atoms with Crippen LogP contribution in [-0.4, -0.2) is 22.4 Å². The maximum Gasteiger partial charge on any atom is 0.195 e. The van der Waals surface area contributed by atoms with Gasteiger partial charge in [-0.3, -0.25) is 5.10 Å². The Morgan fingerprint density at radius 3 is 2.82 bits per heavy atom. The number of phenols is 1. The van der Waals surface area contributed by atoms with E-state index in [4.69, 9.17) is 10.5 Å². The van der Waals surface area contributed by atoms with Crippen molar-refractivity contribution in [1.29, 1.82) is 0 Å². The van der Waals surface area contributed by atoms with Crippen molar-refractivity contribution in [3.63, 3.8) is 0 Å². The maximum atomic E-state index is 13.3. The third-order valence-electron chi connectivity index (χ3n) is 2.30. The van der Waals surface area contributed by atoms with E-state index in [2.05, 4.69) is 26.1 Å². The molecule has 0 saturated carbocycles. The summed E-state index contributed by atoms with van der Waals surface area (Å²) < 4.78 is 18.7. The summed E-state index contributed by atoms with van der Waals surface area (Å²) in [7, 11) is 1.33. The molecular weight excluding hydrogens is 293 g/mol. The third kappa shape index (κ3) is 1.82. The topological polar surface area (TPSA) is 84.2 Å². The molecule has 90 valence electrons. The first-order valence-corrected chi connectivity index (χ1v) is 5.39. The van der Waals surface area contributed by atoms with Gasteiger partial charge >= 0.3 is 0 Å². The first-order chi connectivity index (χ1) is 8.06. The average molecular weight is 302 g/mol. The monoisotopic (exact) mass is 301 g/mol. The number of halogens is 2. The molecule has 1 heterocycles. The molecule has 0 unspecified atom stereocenters. The van der Waals surface area contributed by atoms with Crippen LogP contribution in [0.4, 0.5) is 10.2 Å². The Balaban J connectivity index is 2.77. The van der Waals surface area contributed by atoms with Crippen LogP contribution in [0.15, 0.2) is 16.7 Å². The molecule has 17 heavy (non-hydrogen) atoms. The Morgan fingerprint density at radius 1 is 1.59 bits per heavy atom. The fourth-order valence-electron chi connectivity index (χ4n) is 1.53. The molecule has 1 aromatic heterocycles. The van der Waals surface area contributed by atoms with Gasteiger partial charge in [-0.15, -0.1) is 0 Å². The smallest absolute Gasteiger partial charge is 0.195 e. The minimum absolute atomic E-state index is 0.00461. The Morgan fingerprint density at radius 2 is 2.29 bits per heavy atom. The zero-order valence-corrected chi connectivity index (χ0v) is 10.4. The zero-order chi connectivity index (χ0) is 12.6. The molecule has 0 radical (unpaired) electrons. The van der Waals surface area contributed by atoms with E-state index in [0.717, 1.165) is 6.07 Å². The van der Waals surface area contributed by atoms with Gasteiger partial charge in [0.1, 0.15) is 5.82 Å². The van der Waals surface area contributed by atoms with Gasteiger partial charge in [0.25, 0.3) is 0 Å². The molecule has 0 bridgehead atoms. The van der Waals surface area contributed by atoms with E-state index in [1.807, 2.05) is 0 Å². The molecule has 0 spiro atoms. The summed E-state index contributed by atoms with van der Waals surface area (Å²) in [4.78, 5) is 0. The van der Waals surface area contributed by atoms with E-state index >= 15 is 0 Å². The number of aromatic amines is 1. The molecule has 2 aromatic rings. The van der Waals surface area contributed by atoms with Crippen LogP contribution in [0.2, 0.25) is 0 Å². The number of ether oxygens (including phenoxy) is 1. The van der Waals surface area contributed by atoms with E-state index < -0.39 is 11.6 Å². The number of nitrogens with one attached hydrogen (secondary N) is 1. The highest BCUT2D eigenvalue weighted by Gasteiger charge is 2.21. The summed E-state index contributed by atoms with van der Waals surface area (Å²) in [6.45, 7) is 0. The molecule has 1 aromatic carbocycles. The van der Waals surface area contributed by atoms with Crippen LogP contribution < -0.4 is 10.5 Å². The minimum atomic E-state index is -0.778. The van der Waals surface area contributed by atoms with Crippen LogP contribution in [0.1, 0.15) is 0 Å². The number of hydrogen-bond acceptors (Lipinski definition) is 4. The van der Waals surface area contributed by atoms with Crippen molar-refractivity contribution in [1.82, 2.24) is 10.2 Å². The highest BCUT2D eigenvalue weighted by atomic mass is 79.9. The standard InChI is InChI=1S/C10H9BrFN3O2/c1-17-9-7(4-3-14-15-10(4)13)5(11)2-6(12)8(9)16/h2-3,16H,1H3,(H3,13,14,15). The van der Waals surface area contributed by atoms with Gasteiger partial charge in [-0.25, -0.2) is 4.39 Å². The van der Waals surface area contributed by atoms with Crippen molar-refractivity contribution in [3.8, 4) is 22.6 Å². The number of aromatic nitrogens is 2. The lowest BCUT2D eigenvalue weighted by Gasteiger charge is -2.12. The highest BCUT2D eigenvalue weighted by molar-refractivity contribution is 9.10. The van der Waals surface area contributed by atoms with Crippen LogP contribution in [0.5, 0.6) is 11.5 Å². The SMILES string of the molecule is COc1c(O)c(F)cc(Br)c1-c1cn[nH]c1N. The fourth-order valence-corrected chi connectivity index (χ4v) is 2.13. The molecule has 4 N–H and O–H groups in total. The van der Waals surface area contributed by atoms with Gasteiger partial charge < -0.3 is 15.6 Å². The molecule has 0 aliphatic rings. The number of H-pyrrole nitrogens is 1. The lowest BCUT2D eigenvalue weighted by atomic mass is 10.1. The highest BCUT2D eigenvalue weighted by Crippen LogP contribution is 2.45. The third-order valence-corrected chi connectivity index (χ3v) is 2.93. The second-order valence-corrected chi connectivity index (χ2v) is 4.15. The van der Waals surface area contributed by atoms with Crippen LogP contribution in [0.25, 0.3) is 11.1 Å². The van der Waals surface area contributed by atoms with Crippen molar-refractivity contribution in [2.75, 3.05) is 12.8 Å². The normalized spacial score (nSPS) is 10.5. The number of aromatic hydroxyl groups is 1. The molecule has 5 nitrogen and oxygen atoms in total. The van der Waals surface area contributed by atoms with E-state index in [9.17, 15) is 9.50 Å². The lowest BCUT2D eigenvalue weighted by molar-refractivity contribution is 0.358. The summed E-state index contributed by atoms with van der Waals surface area (Å²) in [6, 6.07) is 1.14. The molecular formula is C10H9BrFN3O2. The number of nitrogens with two attached hydrogens (primary N) is 1. The average Bonchev–Trinajstić information content (AvgIpc) is 2.69. The van der Waals surface area contributed by atoms with Crippen LogP contribution in [0, 0.1) is 5.82 Å². The number of hydrogen-bond donors (Lipinski definition) is 3. The van der Waals surface area contributed by atoms with Gasteiger partial charge in [0.2, 0.25) is 0 Å². The Kier molecular flexibility index (Phi) is 2.93. The van der Waals surface area contributed by atoms with Crippen molar-refractivity contribution < 1.29 is 14.2 Å². The quantitative estimate of drug-likeness (QED) is 0.794. The Labute approximate surface area is 105 Å². The second-order valence-electron chi connectivity index (χ2n) is 3.29. The number of phenolic OH excluding ortho intramolecular Hbond substituents is 1. The summed E-state index contributed by atoms with van der Waals surface area (Å²) in [6.07, 6.45) is 1.47. The predicted octanol–water partition coefficient (Wildman–Crippen LogP) is 2.27. The van der Waals surface area contributed by atoms with E-state index in [0.29, 0.717) is 21.4 Å². The number of anilines is 1. The molecule has 7 heteroatoms. The first kappa shape index (κ1) is 11.7. The molecule has 2 rings (SSSR count). The van der Waals surface area contributed by atoms with Crippen molar-refractivity contribution in [3.05, 3.63) is 22.6 Å². The fraction of sp³-hybridized carbons (Fsp3) is 0.100. The number of rotatable bonds is 2. The zero-order valence-electron chi connectivity index (χ0n) is 8.79. The van der Waals surface area contributed by atoms with Crippen LogP contribution in [0.3, 0.4) is 0 Å². The largest absolute Gasteiger partial charge is 0.502 e. The maximum absolute atomic E-state index is 13.3. The van der Waals surface area contributed by atoms with Gasteiger partial charge in [0.15, 0.2) is 17.3 Å². The van der Waals surface area contributed by atoms with Gasteiger partial charge in [-0.05, 0) is 22.0 Å². The van der Waals surface area contributed by atoms with Crippen LogP contribution >= 0.6 is 15.9 Å². The molecule has 0 atom stereocenters. The molecule has 0 aliphatic carbocycles. The van der Waals surface area contributed by atoms with E-state index in [-0.39, 0.29) is 5.75 Å². The first-order valence-electron chi connectivity index (χ1n) is 4.60. The number of methoxy groups -OCH3 is 1. The Bertz CT molecular complexity index is 571. The minimum Gasteiger partial charge on any atom is -0.502 e. The van der Waals surface area contributed by atoms with Crippen LogP contribution in [-0.2, 0) is 0 Å². The van der Waals surface area contributed by atoms with Gasteiger partial charge in [0, 0.05) is 15.6 Å². The van der Waals surface area contributed by atoms with Crippen molar-refractivity contribution >= 4 is 21.7 Å². The van der Waals surface area contributed by atoms with E-state index in [1.165, 1.54) is 13.3 Å². The molecule has 0 saturated heterocycles. The Hall–Kier alpha value is -1.76. The van der Waals surface area contributed by atoms with Gasteiger partial charge in [-0.1, -0.05) is 0 Å². The molecule has 0 fully saturated rings. The number of nitrogens with zero attached hydrogens (tertiary/aromatic N) is 1.